The van der Waals surface area contributed by atoms with E-state index in [9.17, 15) is 9.90 Å². The number of hydrogen-bond acceptors (Lipinski definition) is 4. The number of rotatable bonds is 7. The molecule has 0 radical (unpaired) electrons. The Balaban J connectivity index is 1.71. The van der Waals surface area contributed by atoms with Crippen LogP contribution in [0.25, 0.3) is 0 Å². The summed E-state index contributed by atoms with van der Waals surface area (Å²) < 4.78 is 0. The van der Waals surface area contributed by atoms with Gasteiger partial charge >= 0.3 is 6.03 Å². The molecule has 22 heavy (non-hydrogen) atoms. The minimum atomic E-state index is -0.217. The molecule has 0 spiro atoms. The third-order valence-corrected chi connectivity index (χ3v) is 4.25. The largest absolute Gasteiger partial charge is 0.396 e. The van der Waals surface area contributed by atoms with E-state index in [1.807, 2.05) is 37.3 Å². The van der Waals surface area contributed by atoms with Gasteiger partial charge < -0.3 is 15.7 Å². The number of aliphatic hydroxyl groups is 1. The molecule has 2 aromatic heterocycles. The first-order valence-electron chi connectivity index (χ1n) is 7.25. The van der Waals surface area contributed by atoms with Crippen LogP contribution in [-0.4, -0.2) is 29.3 Å². The lowest BCUT2D eigenvalue weighted by Crippen LogP contribution is -2.39. The Kier molecular flexibility index (Phi) is 6.36. The fraction of sp³-hybridized carbons (Fsp3) is 0.375. The summed E-state index contributed by atoms with van der Waals surface area (Å²) in [5.41, 5.74) is 0.915. The average molecular weight is 319 g/mol. The van der Waals surface area contributed by atoms with Crippen molar-refractivity contribution in [3.05, 3.63) is 52.0 Å². The fourth-order valence-corrected chi connectivity index (χ4v) is 2.89. The Morgan fingerprint density at radius 3 is 2.82 bits per heavy atom. The molecular formula is C16H21N3O2S. The van der Waals surface area contributed by atoms with Crippen LogP contribution in [0.2, 0.25) is 0 Å². The van der Waals surface area contributed by atoms with Gasteiger partial charge in [0, 0.05) is 40.7 Å². The monoisotopic (exact) mass is 319 g/mol. The highest BCUT2D eigenvalue weighted by molar-refractivity contribution is 7.11. The molecule has 118 valence electrons. The molecule has 0 fully saturated rings. The van der Waals surface area contributed by atoms with Crippen LogP contribution in [0.4, 0.5) is 4.79 Å². The molecule has 2 rings (SSSR count). The highest BCUT2D eigenvalue weighted by atomic mass is 32.1. The van der Waals surface area contributed by atoms with E-state index in [1.165, 1.54) is 4.88 Å². The van der Waals surface area contributed by atoms with Gasteiger partial charge in [0.05, 0.1) is 6.54 Å². The molecule has 2 amide bonds. The lowest BCUT2D eigenvalue weighted by atomic mass is 10.0. The van der Waals surface area contributed by atoms with E-state index in [1.54, 1.807) is 17.5 Å². The van der Waals surface area contributed by atoms with E-state index in [0.717, 1.165) is 10.6 Å². The second-order valence-corrected chi connectivity index (χ2v) is 6.52. The first-order valence-corrected chi connectivity index (χ1v) is 8.07. The van der Waals surface area contributed by atoms with Crippen molar-refractivity contribution in [1.82, 2.24) is 15.6 Å². The normalized spacial score (nSPS) is 11.9. The van der Waals surface area contributed by atoms with Gasteiger partial charge in [0.2, 0.25) is 0 Å². The Morgan fingerprint density at radius 1 is 1.32 bits per heavy atom. The van der Waals surface area contributed by atoms with E-state index in [0.29, 0.717) is 19.5 Å². The van der Waals surface area contributed by atoms with E-state index in [2.05, 4.69) is 15.6 Å². The maximum atomic E-state index is 11.8. The fourth-order valence-electron chi connectivity index (χ4n) is 2.06. The van der Waals surface area contributed by atoms with E-state index < -0.39 is 0 Å². The van der Waals surface area contributed by atoms with Gasteiger partial charge in [0.25, 0.3) is 0 Å². The molecule has 0 aliphatic heterocycles. The molecule has 0 aliphatic carbocycles. The predicted octanol–water partition coefficient (Wildman–Crippen LogP) is 2.10. The topological polar surface area (TPSA) is 74.2 Å². The van der Waals surface area contributed by atoms with Crippen molar-refractivity contribution in [2.45, 2.75) is 19.9 Å². The van der Waals surface area contributed by atoms with Gasteiger partial charge in [-0.05, 0) is 37.6 Å². The number of hydrogen-bond donors (Lipinski definition) is 3. The maximum absolute atomic E-state index is 11.8. The second-order valence-electron chi connectivity index (χ2n) is 5.15. The van der Waals surface area contributed by atoms with Gasteiger partial charge in [-0.3, -0.25) is 4.98 Å². The minimum Gasteiger partial charge on any atom is -0.396 e. The molecular weight excluding hydrogens is 298 g/mol. The lowest BCUT2D eigenvalue weighted by Gasteiger charge is -2.15. The van der Waals surface area contributed by atoms with Crippen LogP contribution in [0.3, 0.4) is 0 Å². The summed E-state index contributed by atoms with van der Waals surface area (Å²) >= 11 is 1.67. The van der Waals surface area contributed by atoms with Gasteiger partial charge in [-0.1, -0.05) is 6.07 Å². The Bertz CT molecular complexity index is 586. The first-order chi connectivity index (χ1) is 10.7. The first kappa shape index (κ1) is 16.5. The second kappa shape index (κ2) is 8.51. The maximum Gasteiger partial charge on any atom is 0.315 e. The molecule has 1 unspecified atom stereocenters. The van der Waals surface area contributed by atoms with Gasteiger partial charge in [0.15, 0.2) is 0 Å². The number of pyridine rings is 1. The van der Waals surface area contributed by atoms with Crippen LogP contribution in [-0.2, 0) is 13.0 Å². The van der Waals surface area contributed by atoms with Crippen molar-refractivity contribution in [3.63, 3.8) is 0 Å². The number of nitrogens with zero attached hydrogens (tertiary/aromatic N) is 1. The number of aryl methyl sites for hydroxylation is 1. The van der Waals surface area contributed by atoms with Gasteiger partial charge in [-0.2, -0.15) is 0 Å². The third-order valence-electron chi connectivity index (χ3n) is 3.25. The molecule has 0 saturated carbocycles. The van der Waals surface area contributed by atoms with Crippen molar-refractivity contribution in [2.24, 2.45) is 5.92 Å². The molecule has 0 saturated heterocycles. The average Bonchev–Trinajstić information content (AvgIpc) is 2.96. The predicted molar refractivity (Wildman–Crippen MR) is 87.8 cm³/mol. The summed E-state index contributed by atoms with van der Waals surface area (Å²) in [5, 5.41) is 15.0. The molecule has 2 aromatic rings. The number of thiophene rings is 1. The molecule has 2 heterocycles. The summed E-state index contributed by atoms with van der Waals surface area (Å²) in [4.78, 5) is 18.4. The summed E-state index contributed by atoms with van der Waals surface area (Å²) in [5.74, 6) is -0.0374. The van der Waals surface area contributed by atoms with Crippen LogP contribution in [0.15, 0.2) is 36.5 Å². The smallest absolute Gasteiger partial charge is 0.315 e. The SMILES string of the molecule is Cc1ccc(CNC(=O)NCC(CO)Cc2ccccn2)s1. The highest BCUT2D eigenvalue weighted by Crippen LogP contribution is 2.14. The molecule has 5 nitrogen and oxygen atoms in total. The van der Waals surface area contributed by atoms with Crippen molar-refractivity contribution >= 4 is 17.4 Å². The minimum absolute atomic E-state index is 0.0149. The Hall–Kier alpha value is -1.92. The Labute approximate surface area is 134 Å². The van der Waals surface area contributed by atoms with Gasteiger partial charge in [0.1, 0.15) is 0 Å². The quantitative estimate of drug-likeness (QED) is 0.732. The zero-order valence-corrected chi connectivity index (χ0v) is 13.4. The number of aliphatic hydroxyl groups excluding tert-OH is 1. The van der Waals surface area contributed by atoms with Crippen molar-refractivity contribution in [3.8, 4) is 0 Å². The van der Waals surface area contributed by atoms with Gasteiger partial charge in [-0.15, -0.1) is 11.3 Å². The summed E-state index contributed by atoms with van der Waals surface area (Å²) in [6, 6.07) is 9.52. The zero-order valence-electron chi connectivity index (χ0n) is 12.6. The molecule has 3 N–H and O–H groups in total. The van der Waals surface area contributed by atoms with E-state index >= 15 is 0 Å². The summed E-state index contributed by atoms with van der Waals surface area (Å²) in [6.07, 6.45) is 2.37. The van der Waals surface area contributed by atoms with Crippen molar-refractivity contribution in [2.75, 3.05) is 13.2 Å². The summed E-state index contributed by atoms with van der Waals surface area (Å²) in [6.45, 7) is 3.00. The van der Waals surface area contributed by atoms with Crippen LogP contribution >= 0.6 is 11.3 Å². The number of carbonyl (C=O) groups is 1. The van der Waals surface area contributed by atoms with Crippen LogP contribution in [0.5, 0.6) is 0 Å². The molecule has 6 heteroatoms. The number of carbonyl (C=O) groups excluding carboxylic acids is 1. The summed E-state index contributed by atoms with van der Waals surface area (Å²) in [7, 11) is 0. The van der Waals surface area contributed by atoms with Crippen LogP contribution in [0, 0.1) is 12.8 Å². The van der Waals surface area contributed by atoms with Crippen LogP contribution < -0.4 is 10.6 Å². The third kappa shape index (κ3) is 5.46. The number of urea groups is 1. The van der Waals surface area contributed by atoms with Crippen molar-refractivity contribution in [1.29, 1.82) is 0 Å². The Morgan fingerprint density at radius 2 is 2.18 bits per heavy atom. The molecule has 0 aliphatic rings. The molecule has 0 aromatic carbocycles. The number of aromatic nitrogens is 1. The number of amides is 2. The van der Waals surface area contributed by atoms with E-state index in [-0.39, 0.29) is 18.6 Å². The molecule has 1 atom stereocenters. The number of nitrogens with one attached hydrogen (secondary N) is 2. The standard InChI is InChI=1S/C16H21N3O2S/c1-12-5-6-15(22-12)10-19-16(21)18-9-13(11-20)8-14-4-2-3-7-17-14/h2-7,13,20H,8-11H2,1H3,(H2,18,19,21). The van der Waals surface area contributed by atoms with E-state index in [4.69, 9.17) is 0 Å². The lowest BCUT2D eigenvalue weighted by molar-refractivity contribution is 0.213. The highest BCUT2D eigenvalue weighted by Gasteiger charge is 2.11. The van der Waals surface area contributed by atoms with Crippen LogP contribution in [0.1, 0.15) is 15.4 Å². The molecule has 0 bridgehead atoms. The van der Waals surface area contributed by atoms with Crippen molar-refractivity contribution < 1.29 is 9.90 Å². The zero-order chi connectivity index (χ0) is 15.8. The van der Waals surface area contributed by atoms with Gasteiger partial charge in [-0.25, -0.2) is 4.79 Å².